The van der Waals surface area contributed by atoms with E-state index in [1.165, 1.54) is 56.2 Å². The molecule has 0 spiro atoms. The summed E-state index contributed by atoms with van der Waals surface area (Å²) in [5.41, 5.74) is 3.45. The van der Waals surface area contributed by atoms with Crippen LogP contribution in [0.5, 0.6) is 0 Å². The zero-order valence-corrected chi connectivity index (χ0v) is 23.1. The van der Waals surface area contributed by atoms with Crippen LogP contribution in [-0.4, -0.2) is 20.9 Å². The molecular formula is C31H33ClN2O3S. The predicted molar refractivity (Wildman–Crippen MR) is 152 cm³/mol. The van der Waals surface area contributed by atoms with Crippen molar-refractivity contribution in [2.75, 3.05) is 16.2 Å². The van der Waals surface area contributed by atoms with Crippen LogP contribution in [0, 0.1) is 24.7 Å². The van der Waals surface area contributed by atoms with Gasteiger partial charge in [0.25, 0.3) is 10.0 Å². The van der Waals surface area contributed by atoms with E-state index in [1.807, 2.05) is 12.1 Å². The Morgan fingerprint density at radius 3 is 2.11 bits per heavy atom. The average molecular weight is 549 g/mol. The van der Waals surface area contributed by atoms with Gasteiger partial charge in [0.2, 0.25) is 5.91 Å². The molecular weight excluding hydrogens is 516 g/mol. The van der Waals surface area contributed by atoms with Crippen molar-refractivity contribution in [3.8, 4) is 0 Å². The quantitative estimate of drug-likeness (QED) is 0.347. The Bertz CT molecular complexity index is 1420. The number of anilines is 2. The van der Waals surface area contributed by atoms with Gasteiger partial charge in [-0.1, -0.05) is 41.9 Å². The first-order valence-electron chi connectivity index (χ1n) is 13.5. The first-order chi connectivity index (χ1) is 18.2. The van der Waals surface area contributed by atoms with Crippen molar-refractivity contribution in [1.82, 2.24) is 0 Å². The zero-order chi connectivity index (χ0) is 26.5. The lowest BCUT2D eigenvalue weighted by molar-refractivity contribution is -0.114. The van der Waals surface area contributed by atoms with E-state index in [1.54, 1.807) is 43.3 Å². The molecule has 3 aromatic carbocycles. The van der Waals surface area contributed by atoms with Crippen LogP contribution in [0.1, 0.15) is 49.7 Å². The Morgan fingerprint density at radius 1 is 0.921 bits per heavy atom. The van der Waals surface area contributed by atoms with E-state index in [9.17, 15) is 13.2 Å². The van der Waals surface area contributed by atoms with Crippen LogP contribution in [0.2, 0.25) is 5.02 Å². The molecule has 1 amide bonds. The molecule has 4 aliphatic rings. The molecule has 5 nitrogen and oxygen atoms in total. The van der Waals surface area contributed by atoms with E-state index < -0.39 is 15.9 Å². The lowest BCUT2D eigenvalue weighted by Gasteiger charge is -2.57. The summed E-state index contributed by atoms with van der Waals surface area (Å²) in [6.45, 7) is 1.44. The molecule has 4 fully saturated rings. The van der Waals surface area contributed by atoms with Gasteiger partial charge in [0.1, 0.15) is 6.54 Å². The first kappa shape index (κ1) is 25.4. The third kappa shape index (κ3) is 4.73. The summed E-state index contributed by atoms with van der Waals surface area (Å²) in [4.78, 5) is 13.3. The molecule has 0 atom stereocenters. The maximum atomic E-state index is 13.6. The fourth-order valence-corrected chi connectivity index (χ4v) is 9.35. The smallest absolute Gasteiger partial charge is 0.264 e. The number of hydrogen-bond acceptors (Lipinski definition) is 3. The van der Waals surface area contributed by atoms with Crippen molar-refractivity contribution in [1.29, 1.82) is 0 Å². The van der Waals surface area contributed by atoms with Gasteiger partial charge < -0.3 is 5.32 Å². The lowest BCUT2D eigenvalue weighted by Crippen LogP contribution is -2.48. The third-order valence-corrected chi connectivity index (χ3v) is 10.9. The van der Waals surface area contributed by atoms with Crippen molar-refractivity contribution >= 4 is 38.9 Å². The largest absolute Gasteiger partial charge is 0.325 e. The molecule has 0 aromatic heterocycles. The van der Waals surface area contributed by atoms with Gasteiger partial charge in [-0.2, -0.15) is 0 Å². The Morgan fingerprint density at radius 2 is 1.53 bits per heavy atom. The minimum atomic E-state index is -3.98. The summed E-state index contributed by atoms with van der Waals surface area (Å²) in [5, 5.41) is 3.43. The van der Waals surface area contributed by atoms with E-state index >= 15 is 0 Å². The van der Waals surface area contributed by atoms with Crippen LogP contribution in [0.4, 0.5) is 11.4 Å². The van der Waals surface area contributed by atoms with E-state index in [0.717, 1.165) is 22.1 Å². The topological polar surface area (TPSA) is 66.5 Å². The molecule has 3 aromatic rings. The van der Waals surface area contributed by atoms with Crippen molar-refractivity contribution < 1.29 is 13.2 Å². The van der Waals surface area contributed by atoms with Crippen LogP contribution in [0.3, 0.4) is 0 Å². The minimum Gasteiger partial charge on any atom is -0.325 e. The minimum absolute atomic E-state index is 0.127. The number of nitrogens with one attached hydrogen (secondary N) is 1. The number of hydrogen-bond donors (Lipinski definition) is 1. The number of aryl methyl sites for hydroxylation is 1. The summed E-state index contributed by atoms with van der Waals surface area (Å²) in [7, 11) is -3.98. The molecule has 7 rings (SSSR count). The molecule has 0 aliphatic heterocycles. The van der Waals surface area contributed by atoms with Gasteiger partial charge in [0.15, 0.2) is 0 Å². The molecule has 0 radical (unpaired) electrons. The molecule has 4 saturated carbocycles. The number of amides is 1. The summed E-state index contributed by atoms with van der Waals surface area (Å²) in [5.74, 6) is 2.21. The second-order valence-corrected chi connectivity index (χ2v) is 13.9. The van der Waals surface area contributed by atoms with Gasteiger partial charge in [0.05, 0.1) is 10.6 Å². The number of carbonyl (C=O) groups is 1. The maximum absolute atomic E-state index is 13.6. The summed E-state index contributed by atoms with van der Waals surface area (Å²) >= 11 is 6.13. The highest BCUT2D eigenvalue weighted by Crippen LogP contribution is 2.60. The Hall–Kier alpha value is -2.83. The van der Waals surface area contributed by atoms with Gasteiger partial charge in [0, 0.05) is 10.7 Å². The number of benzene rings is 3. The van der Waals surface area contributed by atoms with Crippen LogP contribution in [-0.2, 0) is 20.2 Å². The van der Waals surface area contributed by atoms with Crippen LogP contribution in [0.15, 0.2) is 77.7 Å². The standard InChI is InChI=1S/C31H33ClN2O3S/c1-21-13-26(32)9-12-29(21)34(38(36,37)28-5-3-2-4-6-28)20-30(35)33-27-10-7-25(8-11-27)31-17-22-14-23(18-31)16-24(15-22)19-31/h2-13,22-24H,14-20H2,1H3,(H,33,35). The molecule has 1 N–H and O–H groups in total. The number of nitrogens with zero attached hydrogens (tertiary/aromatic N) is 1. The Labute approximate surface area is 230 Å². The fraction of sp³-hybridized carbons (Fsp3) is 0.387. The average Bonchev–Trinajstić information content (AvgIpc) is 2.88. The number of halogens is 1. The van der Waals surface area contributed by atoms with E-state index in [4.69, 9.17) is 11.6 Å². The monoisotopic (exact) mass is 548 g/mol. The first-order valence-corrected chi connectivity index (χ1v) is 15.3. The van der Waals surface area contributed by atoms with E-state index in [0.29, 0.717) is 27.4 Å². The fourth-order valence-electron chi connectivity index (χ4n) is 7.62. The summed E-state index contributed by atoms with van der Waals surface area (Å²) < 4.78 is 28.4. The highest BCUT2D eigenvalue weighted by Gasteiger charge is 2.51. The Kier molecular flexibility index (Phi) is 6.51. The maximum Gasteiger partial charge on any atom is 0.264 e. The normalized spacial score (nSPS) is 25.8. The van der Waals surface area contributed by atoms with Gasteiger partial charge in [-0.05, 0) is 122 Å². The third-order valence-electron chi connectivity index (χ3n) is 8.87. The van der Waals surface area contributed by atoms with Crippen LogP contribution in [0.25, 0.3) is 0 Å². The predicted octanol–water partition coefficient (Wildman–Crippen LogP) is 6.95. The van der Waals surface area contributed by atoms with Crippen molar-refractivity contribution in [3.63, 3.8) is 0 Å². The molecule has 0 saturated heterocycles. The molecule has 0 heterocycles. The summed E-state index contributed by atoms with van der Waals surface area (Å²) in [6.07, 6.45) is 8.08. The van der Waals surface area contributed by atoms with Gasteiger partial charge in [-0.15, -0.1) is 0 Å². The zero-order valence-electron chi connectivity index (χ0n) is 21.6. The van der Waals surface area contributed by atoms with Crippen LogP contribution < -0.4 is 9.62 Å². The molecule has 7 heteroatoms. The number of sulfonamides is 1. The summed E-state index contributed by atoms with van der Waals surface area (Å²) in [6, 6.07) is 21.4. The van der Waals surface area contributed by atoms with E-state index in [-0.39, 0.29) is 11.4 Å². The molecule has 0 unspecified atom stereocenters. The highest BCUT2D eigenvalue weighted by atomic mass is 35.5. The van der Waals surface area contributed by atoms with Crippen molar-refractivity contribution in [2.45, 2.75) is 55.8 Å². The second kappa shape index (κ2) is 9.73. The van der Waals surface area contributed by atoms with Gasteiger partial charge in [-0.3, -0.25) is 9.10 Å². The van der Waals surface area contributed by atoms with Gasteiger partial charge >= 0.3 is 0 Å². The van der Waals surface area contributed by atoms with Crippen LogP contribution >= 0.6 is 11.6 Å². The van der Waals surface area contributed by atoms with Crippen molar-refractivity contribution in [2.24, 2.45) is 17.8 Å². The molecule has 4 aliphatic carbocycles. The second-order valence-electron chi connectivity index (χ2n) is 11.6. The molecule has 198 valence electrons. The number of carbonyl (C=O) groups excluding carboxylic acids is 1. The number of rotatable bonds is 7. The molecule has 38 heavy (non-hydrogen) atoms. The SMILES string of the molecule is Cc1cc(Cl)ccc1N(CC(=O)Nc1ccc(C23CC4CC(CC(C4)C2)C3)cc1)S(=O)(=O)c1ccccc1. The van der Waals surface area contributed by atoms with E-state index in [2.05, 4.69) is 17.4 Å². The Balaban J connectivity index is 1.22. The van der Waals surface area contributed by atoms with Gasteiger partial charge in [-0.25, -0.2) is 8.42 Å². The molecule has 4 bridgehead atoms. The lowest BCUT2D eigenvalue weighted by atomic mass is 9.48. The highest BCUT2D eigenvalue weighted by molar-refractivity contribution is 7.92. The van der Waals surface area contributed by atoms with Crippen molar-refractivity contribution in [3.05, 3.63) is 88.9 Å².